The number of hydrogen-bond donors (Lipinski definition) is 1. The van der Waals surface area contributed by atoms with Crippen LogP contribution in [0.2, 0.25) is 0 Å². The highest BCUT2D eigenvalue weighted by molar-refractivity contribution is 5.99. The molecule has 0 saturated carbocycles. The lowest BCUT2D eigenvalue weighted by atomic mass is 10.0. The number of anilines is 1. The van der Waals surface area contributed by atoms with Crippen LogP contribution >= 0.6 is 0 Å². The molecule has 126 valence electrons. The second-order valence-corrected chi connectivity index (χ2v) is 5.65. The molecule has 0 radical (unpaired) electrons. The van der Waals surface area contributed by atoms with Crippen LogP contribution in [0.1, 0.15) is 26.2 Å². The van der Waals surface area contributed by atoms with Crippen LogP contribution in [0, 0.1) is 0 Å². The first kappa shape index (κ1) is 17.3. The van der Waals surface area contributed by atoms with Gasteiger partial charge in [0.15, 0.2) is 0 Å². The summed E-state index contributed by atoms with van der Waals surface area (Å²) in [7, 11) is 1.57. The molecule has 0 unspecified atom stereocenters. The van der Waals surface area contributed by atoms with E-state index in [1.165, 1.54) is 4.90 Å². The normalized spacial score (nSPS) is 18.2. The van der Waals surface area contributed by atoms with Crippen LogP contribution < -0.4 is 9.64 Å². The maximum absolute atomic E-state index is 12.5. The molecule has 1 aliphatic rings. The minimum Gasteiger partial charge on any atom is -0.495 e. The first-order valence-electron chi connectivity index (χ1n) is 7.96. The van der Waals surface area contributed by atoms with Gasteiger partial charge in [0, 0.05) is 6.54 Å². The number of hydrogen-bond acceptors (Lipinski definition) is 4. The summed E-state index contributed by atoms with van der Waals surface area (Å²) >= 11 is 0. The van der Waals surface area contributed by atoms with Gasteiger partial charge in [-0.15, -0.1) is 0 Å². The van der Waals surface area contributed by atoms with Crippen molar-refractivity contribution in [3.05, 3.63) is 24.3 Å². The molecule has 1 aromatic carbocycles. The van der Waals surface area contributed by atoms with Gasteiger partial charge in [0.2, 0.25) is 11.8 Å². The number of ether oxygens (including phenoxy) is 1. The Labute approximate surface area is 136 Å². The molecule has 0 aromatic heterocycles. The molecule has 1 aliphatic heterocycles. The molecule has 6 heteroatoms. The van der Waals surface area contributed by atoms with E-state index >= 15 is 0 Å². The molecule has 23 heavy (non-hydrogen) atoms. The van der Waals surface area contributed by atoms with Crippen LogP contribution in [0.5, 0.6) is 5.75 Å². The number of nitrogens with zero attached hydrogens (tertiary/aromatic N) is 2. The van der Waals surface area contributed by atoms with Gasteiger partial charge >= 0.3 is 0 Å². The number of aliphatic hydroxyl groups is 1. The van der Waals surface area contributed by atoms with Crippen LogP contribution in [0.15, 0.2) is 24.3 Å². The van der Waals surface area contributed by atoms with E-state index in [1.807, 2.05) is 24.3 Å². The summed E-state index contributed by atoms with van der Waals surface area (Å²) in [6, 6.07) is 7.29. The van der Waals surface area contributed by atoms with Crippen molar-refractivity contribution in [3.63, 3.8) is 0 Å². The Kier molecular flexibility index (Phi) is 5.98. The van der Waals surface area contributed by atoms with Crippen molar-refractivity contribution in [2.45, 2.75) is 32.2 Å². The van der Waals surface area contributed by atoms with Gasteiger partial charge in [-0.1, -0.05) is 31.9 Å². The van der Waals surface area contributed by atoms with Gasteiger partial charge in [-0.2, -0.15) is 0 Å². The Balaban J connectivity index is 2.26. The van der Waals surface area contributed by atoms with Crippen LogP contribution in [-0.4, -0.2) is 54.7 Å². The molecular formula is C17H24N2O4. The van der Waals surface area contributed by atoms with Crippen molar-refractivity contribution in [1.29, 1.82) is 0 Å². The van der Waals surface area contributed by atoms with Crippen molar-refractivity contribution in [2.75, 3.05) is 31.7 Å². The minimum atomic E-state index is -0.565. The number of piperazine rings is 1. The second-order valence-electron chi connectivity index (χ2n) is 5.65. The molecule has 1 aromatic rings. The van der Waals surface area contributed by atoms with E-state index in [0.29, 0.717) is 12.3 Å². The van der Waals surface area contributed by atoms with Crippen molar-refractivity contribution in [1.82, 2.24) is 4.90 Å². The molecule has 0 spiro atoms. The SMILES string of the molecule is CCCC[C@@H]1CN(c2ccccc2OC)C(=O)CN1C(=O)CO. The highest BCUT2D eigenvalue weighted by Gasteiger charge is 2.35. The highest BCUT2D eigenvalue weighted by atomic mass is 16.5. The van der Waals surface area contributed by atoms with E-state index in [4.69, 9.17) is 9.84 Å². The molecule has 0 aliphatic carbocycles. The fourth-order valence-electron chi connectivity index (χ4n) is 2.93. The van der Waals surface area contributed by atoms with E-state index in [1.54, 1.807) is 12.0 Å². The smallest absolute Gasteiger partial charge is 0.249 e. The quantitative estimate of drug-likeness (QED) is 0.860. The van der Waals surface area contributed by atoms with E-state index in [9.17, 15) is 9.59 Å². The summed E-state index contributed by atoms with van der Waals surface area (Å²) in [5, 5.41) is 9.15. The summed E-state index contributed by atoms with van der Waals surface area (Å²) in [5.41, 5.74) is 0.720. The number of amides is 2. The lowest BCUT2D eigenvalue weighted by Gasteiger charge is -2.41. The fourth-order valence-corrected chi connectivity index (χ4v) is 2.93. The average molecular weight is 320 g/mol. The third-order valence-corrected chi connectivity index (χ3v) is 4.16. The van der Waals surface area contributed by atoms with Gasteiger partial charge in [-0.05, 0) is 18.6 Å². The van der Waals surface area contributed by atoms with E-state index < -0.39 is 6.61 Å². The zero-order valence-corrected chi connectivity index (χ0v) is 13.7. The Bertz CT molecular complexity index is 561. The van der Waals surface area contributed by atoms with Crippen LogP contribution in [-0.2, 0) is 9.59 Å². The van der Waals surface area contributed by atoms with E-state index in [0.717, 1.165) is 24.9 Å². The molecular weight excluding hydrogens is 296 g/mol. The van der Waals surface area contributed by atoms with Crippen LogP contribution in [0.3, 0.4) is 0 Å². The summed E-state index contributed by atoms with van der Waals surface area (Å²) in [6.45, 7) is 1.94. The number of benzene rings is 1. The number of aliphatic hydroxyl groups excluding tert-OH is 1. The van der Waals surface area contributed by atoms with Gasteiger partial charge in [0.1, 0.15) is 18.9 Å². The molecule has 1 atom stereocenters. The molecule has 1 N–H and O–H groups in total. The van der Waals surface area contributed by atoms with Gasteiger partial charge in [-0.25, -0.2) is 0 Å². The molecule has 1 fully saturated rings. The maximum Gasteiger partial charge on any atom is 0.249 e. The molecule has 2 amide bonds. The first-order chi connectivity index (χ1) is 11.1. The molecule has 1 heterocycles. The predicted octanol–water partition coefficient (Wildman–Crippen LogP) is 1.42. The number of para-hydroxylation sites is 2. The third-order valence-electron chi connectivity index (χ3n) is 4.16. The molecule has 2 rings (SSSR count). The minimum absolute atomic E-state index is 0.00811. The Morgan fingerprint density at radius 1 is 1.39 bits per heavy atom. The highest BCUT2D eigenvalue weighted by Crippen LogP contribution is 2.30. The van der Waals surface area contributed by atoms with Crippen LogP contribution in [0.25, 0.3) is 0 Å². The summed E-state index contributed by atoms with van der Waals surface area (Å²) in [4.78, 5) is 27.6. The van der Waals surface area contributed by atoms with Gasteiger partial charge in [0.05, 0.1) is 18.8 Å². The van der Waals surface area contributed by atoms with Crippen molar-refractivity contribution in [2.24, 2.45) is 0 Å². The summed E-state index contributed by atoms with van der Waals surface area (Å²) in [5.74, 6) is 0.0835. The predicted molar refractivity (Wildman–Crippen MR) is 87.5 cm³/mol. The van der Waals surface area contributed by atoms with Crippen LogP contribution in [0.4, 0.5) is 5.69 Å². The van der Waals surface area contributed by atoms with E-state index in [2.05, 4.69) is 6.92 Å². The Morgan fingerprint density at radius 2 is 2.13 bits per heavy atom. The van der Waals surface area contributed by atoms with Crippen molar-refractivity contribution in [3.8, 4) is 5.75 Å². The zero-order chi connectivity index (χ0) is 16.8. The Hall–Kier alpha value is -2.08. The number of unbranched alkanes of at least 4 members (excludes halogenated alkanes) is 1. The number of carbonyl (C=O) groups excluding carboxylic acids is 2. The maximum atomic E-state index is 12.5. The largest absolute Gasteiger partial charge is 0.495 e. The van der Waals surface area contributed by atoms with Crippen molar-refractivity contribution < 1.29 is 19.4 Å². The average Bonchev–Trinajstić information content (AvgIpc) is 2.59. The zero-order valence-electron chi connectivity index (χ0n) is 13.7. The lowest BCUT2D eigenvalue weighted by Crippen LogP contribution is -2.58. The molecule has 6 nitrogen and oxygen atoms in total. The lowest BCUT2D eigenvalue weighted by molar-refractivity contribution is -0.142. The number of carbonyl (C=O) groups is 2. The molecule has 0 bridgehead atoms. The van der Waals surface area contributed by atoms with Gasteiger partial charge in [0.25, 0.3) is 0 Å². The fraction of sp³-hybridized carbons (Fsp3) is 0.529. The standard InChI is InChI=1S/C17H24N2O4/c1-3-4-7-13-10-19(14-8-5-6-9-15(14)23-2)16(21)11-18(13)17(22)12-20/h5-6,8-9,13,20H,3-4,7,10-12H2,1-2H3/t13-/m1/s1. The first-order valence-corrected chi connectivity index (χ1v) is 7.96. The Morgan fingerprint density at radius 3 is 2.78 bits per heavy atom. The molecule has 1 saturated heterocycles. The number of rotatable bonds is 6. The topological polar surface area (TPSA) is 70.1 Å². The monoisotopic (exact) mass is 320 g/mol. The number of methoxy groups -OCH3 is 1. The second kappa shape index (κ2) is 7.97. The summed E-state index contributed by atoms with van der Waals surface area (Å²) in [6.07, 6.45) is 2.79. The summed E-state index contributed by atoms with van der Waals surface area (Å²) < 4.78 is 5.34. The van der Waals surface area contributed by atoms with Gasteiger partial charge in [-0.3, -0.25) is 9.59 Å². The van der Waals surface area contributed by atoms with E-state index in [-0.39, 0.29) is 24.4 Å². The van der Waals surface area contributed by atoms with Gasteiger partial charge < -0.3 is 19.6 Å². The third kappa shape index (κ3) is 3.82. The van der Waals surface area contributed by atoms with Crippen molar-refractivity contribution >= 4 is 17.5 Å².